The molecule has 136 valence electrons. The lowest BCUT2D eigenvalue weighted by atomic mass is 9.87. The van der Waals surface area contributed by atoms with Crippen LogP contribution in [-0.4, -0.2) is 28.3 Å². The van der Waals surface area contributed by atoms with E-state index in [1.165, 1.54) is 17.2 Å². The van der Waals surface area contributed by atoms with Gasteiger partial charge in [-0.25, -0.2) is 0 Å². The minimum atomic E-state index is -0.423. The van der Waals surface area contributed by atoms with E-state index < -0.39 is 4.92 Å². The molecule has 0 heterocycles. The molecule has 5 heteroatoms. The van der Waals surface area contributed by atoms with Crippen molar-refractivity contribution in [3.8, 4) is 0 Å². The summed E-state index contributed by atoms with van der Waals surface area (Å²) in [5, 5.41) is 11.2. The van der Waals surface area contributed by atoms with Gasteiger partial charge in [-0.05, 0) is 49.8 Å². The minimum Gasteiger partial charge on any atom is -0.335 e. The topological polar surface area (TPSA) is 63.5 Å². The maximum absolute atomic E-state index is 13.2. The predicted octanol–water partition coefficient (Wildman–Crippen LogP) is 4.31. The number of rotatable bonds is 5. The summed E-state index contributed by atoms with van der Waals surface area (Å²) in [7, 11) is 0. The van der Waals surface area contributed by atoms with Crippen LogP contribution in [-0.2, 0) is 12.8 Å². The Morgan fingerprint density at radius 2 is 1.92 bits per heavy atom. The van der Waals surface area contributed by atoms with Crippen molar-refractivity contribution in [1.82, 2.24) is 4.90 Å². The van der Waals surface area contributed by atoms with E-state index >= 15 is 0 Å². The second-order valence-corrected chi connectivity index (χ2v) is 6.87. The first kappa shape index (κ1) is 18.1. The molecular formula is C21H24N2O3. The first-order valence-electron chi connectivity index (χ1n) is 9.14. The zero-order chi connectivity index (χ0) is 18.7. The van der Waals surface area contributed by atoms with Gasteiger partial charge in [-0.3, -0.25) is 14.9 Å². The van der Waals surface area contributed by atoms with E-state index in [-0.39, 0.29) is 17.6 Å². The highest BCUT2D eigenvalue weighted by Crippen LogP contribution is 2.28. The Kier molecular flexibility index (Phi) is 5.35. The van der Waals surface area contributed by atoms with E-state index in [2.05, 4.69) is 25.1 Å². The number of fused-ring (bicyclic) bond motifs is 1. The summed E-state index contributed by atoms with van der Waals surface area (Å²) in [4.78, 5) is 26.0. The second kappa shape index (κ2) is 7.68. The zero-order valence-electron chi connectivity index (χ0n) is 15.3. The molecule has 0 fully saturated rings. The van der Waals surface area contributed by atoms with Gasteiger partial charge in [0.1, 0.15) is 0 Å². The van der Waals surface area contributed by atoms with Crippen LogP contribution in [0.1, 0.15) is 46.8 Å². The van der Waals surface area contributed by atoms with Gasteiger partial charge in [0.15, 0.2) is 0 Å². The van der Waals surface area contributed by atoms with Gasteiger partial charge in [0, 0.05) is 29.8 Å². The lowest BCUT2D eigenvalue weighted by molar-refractivity contribution is -0.385. The van der Waals surface area contributed by atoms with Gasteiger partial charge in [-0.2, -0.15) is 0 Å². The van der Waals surface area contributed by atoms with Gasteiger partial charge in [0.05, 0.1) is 4.92 Å². The van der Waals surface area contributed by atoms with Gasteiger partial charge < -0.3 is 4.90 Å². The van der Waals surface area contributed by atoms with Crippen LogP contribution in [0, 0.1) is 17.0 Å². The molecular weight excluding hydrogens is 328 g/mol. The molecule has 0 saturated carbocycles. The van der Waals surface area contributed by atoms with Gasteiger partial charge in [-0.1, -0.05) is 37.3 Å². The highest BCUT2D eigenvalue weighted by atomic mass is 16.6. The average Bonchev–Trinajstić information content (AvgIpc) is 2.65. The third-order valence-corrected chi connectivity index (χ3v) is 5.22. The molecule has 0 aromatic heterocycles. The normalized spacial score (nSPS) is 16.0. The molecule has 0 aliphatic heterocycles. The Labute approximate surface area is 153 Å². The van der Waals surface area contributed by atoms with E-state index in [4.69, 9.17) is 0 Å². The molecule has 3 rings (SSSR count). The van der Waals surface area contributed by atoms with Crippen molar-refractivity contribution in [2.24, 2.45) is 0 Å². The zero-order valence-corrected chi connectivity index (χ0v) is 15.3. The Hall–Kier alpha value is -2.69. The van der Waals surface area contributed by atoms with Crippen molar-refractivity contribution in [2.75, 3.05) is 6.54 Å². The largest absolute Gasteiger partial charge is 0.335 e. The number of aryl methyl sites for hydroxylation is 1. The molecule has 1 unspecified atom stereocenters. The molecule has 1 aliphatic carbocycles. The van der Waals surface area contributed by atoms with Crippen LogP contribution in [0.15, 0.2) is 42.5 Å². The predicted molar refractivity (Wildman–Crippen MR) is 101 cm³/mol. The molecule has 26 heavy (non-hydrogen) atoms. The van der Waals surface area contributed by atoms with Crippen LogP contribution in [0.25, 0.3) is 0 Å². The smallest absolute Gasteiger partial charge is 0.273 e. The molecule has 1 amide bonds. The highest BCUT2D eigenvalue weighted by Gasteiger charge is 2.29. The summed E-state index contributed by atoms with van der Waals surface area (Å²) < 4.78 is 0. The number of hydrogen-bond donors (Lipinski definition) is 0. The number of carbonyl (C=O) groups is 1. The first-order chi connectivity index (χ1) is 12.5. The fourth-order valence-corrected chi connectivity index (χ4v) is 3.84. The van der Waals surface area contributed by atoms with E-state index in [0.29, 0.717) is 17.7 Å². The third kappa shape index (κ3) is 3.47. The Morgan fingerprint density at radius 1 is 1.19 bits per heavy atom. The van der Waals surface area contributed by atoms with Gasteiger partial charge >= 0.3 is 0 Å². The van der Waals surface area contributed by atoms with E-state index in [1.807, 2.05) is 11.0 Å². The molecule has 0 bridgehead atoms. The standard InChI is InChI=1S/C21H24N2O3/c1-3-13-22(18-12-11-16-7-4-5-8-17(16)14-18)21(24)19-9-6-10-20(15(19)2)23(25)26/h4-10,18H,3,11-14H2,1-2H3. The number of amides is 1. The summed E-state index contributed by atoms with van der Waals surface area (Å²) in [6.45, 7) is 4.37. The fourth-order valence-electron chi connectivity index (χ4n) is 3.84. The summed E-state index contributed by atoms with van der Waals surface area (Å²) in [5.41, 5.74) is 3.54. The molecule has 5 nitrogen and oxygen atoms in total. The third-order valence-electron chi connectivity index (χ3n) is 5.22. The van der Waals surface area contributed by atoms with Crippen molar-refractivity contribution in [3.05, 3.63) is 74.8 Å². The van der Waals surface area contributed by atoms with Crippen molar-refractivity contribution < 1.29 is 9.72 Å². The Bertz CT molecular complexity index is 832. The van der Waals surface area contributed by atoms with Crippen LogP contribution in [0.2, 0.25) is 0 Å². The minimum absolute atomic E-state index is 0.00119. The molecule has 0 spiro atoms. The van der Waals surface area contributed by atoms with Crippen LogP contribution in [0.3, 0.4) is 0 Å². The molecule has 0 N–H and O–H groups in total. The van der Waals surface area contributed by atoms with Crippen molar-refractivity contribution in [1.29, 1.82) is 0 Å². The summed E-state index contributed by atoms with van der Waals surface area (Å²) in [6, 6.07) is 13.3. The van der Waals surface area contributed by atoms with E-state index in [0.717, 1.165) is 25.7 Å². The second-order valence-electron chi connectivity index (χ2n) is 6.87. The van der Waals surface area contributed by atoms with Gasteiger partial charge in [0.25, 0.3) is 11.6 Å². The molecule has 2 aromatic carbocycles. The van der Waals surface area contributed by atoms with Gasteiger partial charge in [0.2, 0.25) is 0 Å². The summed E-state index contributed by atoms with van der Waals surface area (Å²) >= 11 is 0. The SMILES string of the molecule is CCCN(C(=O)c1cccc([N+](=O)[O-])c1C)C1CCc2ccccc2C1. The van der Waals surface area contributed by atoms with E-state index in [9.17, 15) is 14.9 Å². The highest BCUT2D eigenvalue weighted by molar-refractivity contribution is 5.96. The number of benzene rings is 2. The molecule has 1 atom stereocenters. The van der Waals surface area contributed by atoms with Gasteiger partial charge in [-0.15, -0.1) is 0 Å². The monoisotopic (exact) mass is 352 g/mol. The number of hydrogen-bond acceptors (Lipinski definition) is 3. The maximum atomic E-state index is 13.2. The average molecular weight is 352 g/mol. The van der Waals surface area contributed by atoms with Crippen LogP contribution in [0.5, 0.6) is 0 Å². The number of nitrogens with zero attached hydrogens (tertiary/aromatic N) is 2. The number of carbonyl (C=O) groups excluding carboxylic acids is 1. The lowest BCUT2D eigenvalue weighted by Gasteiger charge is -2.35. The van der Waals surface area contributed by atoms with Crippen LogP contribution in [0.4, 0.5) is 5.69 Å². The quantitative estimate of drug-likeness (QED) is 0.595. The van der Waals surface area contributed by atoms with Crippen LogP contribution < -0.4 is 0 Å². The fraction of sp³-hybridized carbons (Fsp3) is 0.381. The van der Waals surface area contributed by atoms with Crippen molar-refractivity contribution >= 4 is 11.6 Å². The van der Waals surface area contributed by atoms with Crippen molar-refractivity contribution in [3.63, 3.8) is 0 Å². The van der Waals surface area contributed by atoms with Crippen LogP contribution >= 0.6 is 0 Å². The molecule has 2 aromatic rings. The Balaban J connectivity index is 1.90. The lowest BCUT2D eigenvalue weighted by Crippen LogP contribution is -2.44. The first-order valence-corrected chi connectivity index (χ1v) is 9.14. The molecule has 0 radical (unpaired) electrons. The molecule has 0 saturated heterocycles. The van der Waals surface area contributed by atoms with Crippen molar-refractivity contribution in [2.45, 2.75) is 45.6 Å². The maximum Gasteiger partial charge on any atom is 0.273 e. The molecule has 1 aliphatic rings. The summed E-state index contributed by atoms with van der Waals surface area (Å²) in [6.07, 6.45) is 3.59. The Morgan fingerprint density at radius 3 is 2.62 bits per heavy atom. The summed E-state index contributed by atoms with van der Waals surface area (Å²) in [5.74, 6) is -0.0996. The number of nitro benzene ring substituents is 1. The van der Waals surface area contributed by atoms with E-state index in [1.54, 1.807) is 19.1 Å². The number of nitro groups is 1.